The Morgan fingerprint density at radius 2 is 2.21 bits per heavy atom. The van der Waals surface area contributed by atoms with Crippen molar-refractivity contribution in [2.24, 2.45) is 0 Å². The van der Waals surface area contributed by atoms with E-state index in [9.17, 15) is 4.79 Å². The minimum atomic E-state index is -1.02. The van der Waals surface area contributed by atoms with Gasteiger partial charge < -0.3 is 10.2 Å². The Morgan fingerprint density at radius 1 is 1.57 bits per heavy atom. The van der Waals surface area contributed by atoms with Crippen molar-refractivity contribution in [3.8, 4) is 0 Å². The monoisotopic (exact) mass is 195 g/mol. The van der Waals surface area contributed by atoms with Crippen LogP contribution in [0.5, 0.6) is 0 Å². The number of carboxylic acid groups (broad SMARTS) is 1. The number of aromatic carboxylic acids is 1. The van der Waals surface area contributed by atoms with E-state index in [0.717, 1.165) is 0 Å². The van der Waals surface area contributed by atoms with Crippen LogP contribution in [0.15, 0.2) is 18.3 Å². The van der Waals surface area contributed by atoms with Crippen LogP contribution in [0.3, 0.4) is 0 Å². The highest BCUT2D eigenvalue weighted by molar-refractivity contribution is 5.89. The van der Waals surface area contributed by atoms with E-state index in [2.05, 4.69) is 4.98 Å². The van der Waals surface area contributed by atoms with Crippen molar-refractivity contribution in [3.05, 3.63) is 29.6 Å². The third kappa shape index (κ3) is 1.90. The van der Waals surface area contributed by atoms with E-state index >= 15 is 0 Å². The van der Waals surface area contributed by atoms with Crippen LogP contribution in [0, 0.1) is 0 Å². The highest BCUT2D eigenvalue weighted by Gasteiger charge is 2.26. The first-order valence-corrected chi connectivity index (χ1v) is 4.28. The average Bonchev–Trinajstić information content (AvgIpc) is 2.18. The van der Waals surface area contributed by atoms with Gasteiger partial charge in [0.2, 0.25) is 0 Å². The zero-order chi connectivity index (χ0) is 10.8. The summed E-state index contributed by atoms with van der Waals surface area (Å²) in [5.74, 6) is -1.02. The van der Waals surface area contributed by atoms with Crippen molar-refractivity contribution in [3.63, 3.8) is 0 Å². The Bertz CT molecular complexity index is 347. The first-order valence-electron chi connectivity index (χ1n) is 4.28. The first-order chi connectivity index (χ1) is 6.49. The minimum Gasteiger partial charge on any atom is -0.478 e. The van der Waals surface area contributed by atoms with E-state index in [-0.39, 0.29) is 12.2 Å². The maximum Gasteiger partial charge on any atom is 0.337 e. The average molecular weight is 195 g/mol. The fraction of sp³-hybridized carbons (Fsp3) is 0.400. The van der Waals surface area contributed by atoms with Crippen molar-refractivity contribution in [2.45, 2.75) is 19.3 Å². The summed E-state index contributed by atoms with van der Waals surface area (Å²) in [5, 5.41) is 18.0. The highest BCUT2D eigenvalue weighted by atomic mass is 16.4. The predicted octanol–water partition coefficient (Wildman–Crippen LogP) is 1.05. The smallest absolute Gasteiger partial charge is 0.337 e. The Hall–Kier alpha value is -1.42. The van der Waals surface area contributed by atoms with Crippen LogP contribution in [-0.2, 0) is 5.41 Å². The second-order valence-corrected chi connectivity index (χ2v) is 3.75. The molecule has 0 saturated heterocycles. The number of hydrogen-bond acceptors (Lipinski definition) is 3. The van der Waals surface area contributed by atoms with Crippen LogP contribution in [-0.4, -0.2) is 27.8 Å². The number of rotatable bonds is 3. The highest BCUT2D eigenvalue weighted by Crippen LogP contribution is 2.23. The van der Waals surface area contributed by atoms with Gasteiger partial charge in [0.1, 0.15) is 0 Å². The SMILES string of the molecule is CC(C)(CO)c1ncccc1C(=O)O. The molecule has 0 atom stereocenters. The number of carbonyl (C=O) groups is 1. The zero-order valence-corrected chi connectivity index (χ0v) is 8.19. The van der Waals surface area contributed by atoms with Gasteiger partial charge in [0.05, 0.1) is 17.9 Å². The first kappa shape index (κ1) is 10.7. The fourth-order valence-corrected chi connectivity index (χ4v) is 1.19. The predicted molar refractivity (Wildman–Crippen MR) is 51.3 cm³/mol. The topological polar surface area (TPSA) is 70.4 Å². The molecular formula is C10H13NO3. The number of pyridine rings is 1. The molecule has 2 N–H and O–H groups in total. The van der Waals surface area contributed by atoms with Gasteiger partial charge in [-0.1, -0.05) is 13.8 Å². The molecular weight excluding hydrogens is 182 g/mol. The van der Waals surface area contributed by atoms with Crippen LogP contribution < -0.4 is 0 Å². The van der Waals surface area contributed by atoms with E-state index < -0.39 is 11.4 Å². The third-order valence-electron chi connectivity index (χ3n) is 2.07. The van der Waals surface area contributed by atoms with Gasteiger partial charge in [-0.3, -0.25) is 4.98 Å². The minimum absolute atomic E-state index is 0.135. The maximum atomic E-state index is 10.9. The number of aliphatic hydroxyl groups excluding tert-OH is 1. The molecule has 1 heterocycles. The molecule has 1 aromatic heterocycles. The van der Waals surface area contributed by atoms with Gasteiger partial charge >= 0.3 is 5.97 Å². The zero-order valence-electron chi connectivity index (χ0n) is 8.19. The maximum absolute atomic E-state index is 10.9. The lowest BCUT2D eigenvalue weighted by Gasteiger charge is -2.22. The van der Waals surface area contributed by atoms with Crippen LogP contribution in [0.25, 0.3) is 0 Å². The molecule has 4 nitrogen and oxygen atoms in total. The molecule has 0 aromatic carbocycles. The van der Waals surface area contributed by atoms with Crippen molar-refractivity contribution in [2.75, 3.05) is 6.61 Å². The van der Waals surface area contributed by atoms with Gasteiger partial charge in [0.15, 0.2) is 0 Å². The third-order valence-corrected chi connectivity index (χ3v) is 2.07. The summed E-state index contributed by atoms with van der Waals surface area (Å²) in [6.45, 7) is 3.37. The van der Waals surface area contributed by atoms with Gasteiger partial charge in [0.25, 0.3) is 0 Å². The van der Waals surface area contributed by atoms with Crippen LogP contribution in [0.1, 0.15) is 29.9 Å². The summed E-state index contributed by atoms with van der Waals surface area (Å²) >= 11 is 0. The van der Waals surface area contributed by atoms with Gasteiger partial charge in [-0.05, 0) is 12.1 Å². The number of nitrogens with zero attached hydrogens (tertiary/aromatic N) is 1. The molecule has 0 bridgehead atoms. The largest absolute Gasteiger partial charge is 0.478 e. The van der Waals surface area contributed by atoms with Gasteiger partial charge in [-0.15, -0.1) is 0 Å². The van der Waals surface area contributed by atoms with Gasteiger partial charge in [-0.2, -0.15) is 0 Å². The number of carboxylic acids is 1. The lowest BCUT2D eigenvalue weighted by Crippen LogP contribution is -2.26. The number of aromatic nitrogens is 1. The van der Waals surface area contributed by atoms with Crippen molar-refractivity contribution < 1.29 is 15.0 Å². The molecule has 14 heavy (non-hydrogen) atoms. The van der Waals surface area contributed by atoms with Gasteiger partial charge in [-0.25, -0.2) is 4.79 Å². The molecule has 0 spiro atoms. The van der Waals surface area contributed by atoms with E-state index in [0.29, 0.717) is 5.69 Å². The molecule has 0 aliphatic rings. The van der Waals surface area contributed by atoms with E-state index in [1.54, 1.807) is 19.9 Å². The van der Waals surface area contributed by atoms with Crippen molar-refractivity contribution in [1.82, 2.24) is 4.98 Å². The molecule has 0 fully saturated rings. The van der Waals surface area contributed by atoms with Crippen LogP contribution in [0.4, 0.5) is 0 Å². The summed E-state index contributed by atoms with van der Waals surface area (Å²) in [5.41, 5.74) is -0.0730. The molecule has 76 valence electrons. The lowest BCUT2D eigenvalue weighted by molar-refractivity contribution is 0.0692. The summed E-state index contributed by atoms with van der Waals surface area (Å²) < 4.78 is 0. The summed E-state index contributed by atoms with van der Waals surface area (Å²) in [7, 11) is 0. The quantitative estimate of drug-likeness (QED) is 0.756. The molecule has 0 unspecified atom stereocenters. The fourth-order valence-electron chi connectivity index (χ4n) is 1.19. The standard InChI is InChI=1S/C10H13NO3/c1-10(2,6-12)8-7(9(13)14)4-3-5-11-8/h3-5,12H,6H2,1-2H3,(H,13,14). The Morgan fingerprint density at radius 3 is 2.71 bits per heavy atom. The molecule has 0 radical (unpaired) electrons. The van der Waals surface area contributed by atoms with E-state index in [4.69, 9.17) is 10.2 Å². The number of hydrogen-bond donors (Lipinski definition) is 2. The molecule has 0 aliphatic heterocycles. The Balaban J connectivity index is 3.27. The van der Waals surface area contributed by atoms with E-state index in [1.165, 1.54) is 12.3 Å². The van der Waals surface area contributed by atoms with Gasteiger partial charge in [0, 0.05) is 11.6 Å². The lowest BCUT2D eigenvalue weighted by atomic mass is 9.87. The second kappa shape index (κ2) is 3.75. The van der Waals surface area contributed by atoms with Crippen LogP contribution in [0.2, 0.25) is 0 Å². The number of aliphatic hydroxyl groups is 1. The van der Waals surface area contributed by atoms with Crippen LogP contribution >= 0.6 is 0 Å². The Labute approximate surface area is 82.2 Å². The molecule has 0 saturated carbocycles. The molecule has 0 amide bonds. The molecule has 1 rings (SSSR count). The second-order valence-electron chi connectivity index (χ2n) is 3.75. The summed E-state index contributed by atoms with van der Waals surface area (Å²) in [4.78, 5) is 14.9. The van der Waals surface area contributed by atoms with Crippen molar-refractivity contribution in [1.29, 1.82) is 0 Å². The molecule has 4 heteroatoms. The normalized spacial score (nSPS) is 11.4. The summed E-state index contributed by atoms with van der Waals surface area (Å²) in [6, 6.07) is 3.06. The van der Waals surface area contributed by atoms with E-state index in [1.807, 2.05) is 0 Å². The molecule has 1 aromatic rings. The summed E-state index contributed by atoms with van der Waals surface area (Å²) in [6.07, 6.45) is 1.53. The molecule has 0 aliphatic carbocycles. The Kier molecular flexibility index (Phi) is 2.86. The van der Waals surface area contributed by atoms with Crippen molar-refractivity contribution >= 4 is 5.97 Å².